The summed E-state index contributed by atoms with van der Waals surface area (Å²) in [6.07, 6.45) is 1.94. The van der Waals surface area contributed by atoms with Crippen molar-refractivity contribution in [3.63, 3.8) is 0 Å². The zero-order valence-corrected chi connectivity index (χ0v) is 21.7. The molecule has 194 valence electrons. The molecule has 36 heavy (non-hydrogen) atoms. The number of Topliss-reactive ketones (excluding diaryl/α,β-unsaturated/α-hetero) is 1. The summed E-state index contributed by atoms with van der Waals surface area (Å²) in [6.45, 7) is 7.53. The normalized spacial score (nSPS) is 17.2. The molecule has 0 spiro atoms. The fourth-order valence-corrected chi connectivity index (χ4v) is 4.20. The minimum Gasteiger partial charge on any atom is -0.872 e. The van der Waals surface area contributed by atoms with Crippen molar-refractivity contribution in [1.82, 2.24) is 4.90 Å². The van der Waals surface area contributed by atoms with E-state index in [0.717, 1.165) is 23.3 Å². The van der Waals surface area contributed by atoms with Crippen LogP contribution in [-0.4, -0.2) is 62.1 Å². The van der Waals surface area contributed by atoms with Gasteiger partial charge in [-0.05, 0) is 61.2 Å². The van der Waals surface area contributed by atoms with E-state index in [2.05, 4.69) is 6.92 Å². The zero-order valence-electron chi connectivity index (χ0n) is 21.7. The van der Waals surface area contributed by atoms with Crippen molar-refractivity contribution in [3.8, 4) is 17.2 Å². The molecule has 1 saturated heterocycles. The summed E-state index contributed by atoms with van der Waals surface area (Å²) in [7, 11) is 3.90. The highest BCUT2D eigenvalue weighted by atomic mass is 16.5. The Balaban J connectivity index is 2.10. The Morgan fingerprint density at radius 1 is 1.08 bits per heavy atom. The number of hydrogen-bond donors (Lipinski definition) is 2. The van der Waals surface area contributed by atoms with Crippen molar-refractivity contribution in [2.24, 2.45) is 0 Å². The van der Waals surface area contributed by atoms with E-state index < -0.39 is 23.5 Å². The van der Waals surface area contributed by atoms with Crippen LogP contribution in [0.15, 0.2) is 42.0 Å². The second kappa shape index (κ2) is 11.9. The van der Waals surface area contributed by atoms with Gasteiger partial charge in [0.05, 0.1) is 46.4 Å². The van der Waals surface area contributed by atoms with Crippen LogP contribution in [0.3, 0.4) is 0 Å². The van der Waals surface area contributed by atoms with Crippen LogP contribution in [0.5, 0.6) is 17.2 Å². The smallest absolute Gasteiger partial charge is 0.295 e. The molecule has 3 rings (SSSR count). The van der Waals surface area contributed by atoms with Crippen molar-refractivity contribution in [2.45, 2.75) is 39.7 Å². The van der Waals surface area contributed by atoms with Crippen LogP contribution in [0.25, 0.3) is 5.76 Å². The van der Waals surface area contributed by atoms with Crippen LogP contribution in [0.1, 0.15) is 49.4 Å². The van der Waals surface area contributed by atoms with E-state index in [1.165, 1.54) is 11.0 Å². The van der Waals surface area contributed by atoms with E-state index >= 15 is 0 Å². The molecule has 0 radical (unpaired) electrons. The third kappa shape index (κ3) is 5.82. The van der Waals surface area contributed by atoms with Gasteiger partial charge in [-0.2, -0.15) is 0 Å². The summed E-state index contributed by atoms with van der Waals surface area (Å²) in [5.41, 5.74) is 1.53. The lowest BCUT2D eigenvalue weighted by Crippen LogP contribution is -3.06. The Labute approximate surface area is 212 Å². The number of carbonyl (C=O) groups is 2. The lowest BCUT2D eigenvalue weighted by molar-refractivity contribution is -0.857. The van der Waals surface area contributed by atoms with Gasteiger partial charge in [-0.25, -0.2) is 0 Å². The minimum absolute atomic E-state index is 0.0531. The quantitative estimate of drug-likeness (QED) is 0.212. The molecular weight excluding hydrogens is 460 g/mol. The maximum atomic E-state index is 13.7. The highest BCUT2D eigenvalue weighted by Crippen LogP contribution is 2.41. The van der Waals surface area contributed by atoms with Crippen LogP contribution in [-0.2, 0) is 9.59 Å². The van der Waals surface area contributed by atoms with Crippen molar-refractivity contribution in [3.05, 3.63) is 58.7 Å². The third-order valence-corrected chi connectivity index (χ3v) is 6.17. The Morgan fingerprint density at radius 3 is 2.47 bits per heavy atom. The average molecular weight is 497 g/mol. The standard InChI is InChI=1S/C28H36N2O6/c1-6-8-15-36-22-12-10-20(16-18(22)3)26(32)24-25(19-9-11-21(31)23(17-19)35-7-2)30(14-13-29(4)5)28(34)27(24)33/h9-12,16-17,25,31-32H,6-8,13-15H2,1-5H3. The lowest BCUT2D eigenvalue weighted by atomic mass is 9.94. The highest BCUT2D eigenvalue weighted by Gasteiger charge is 2.44. The summed E-state index contributed by atoms with van der Waals surface area (Å²) in [5, 5.41) is 23.9. The molecule has 1 aliphatic heterocycles. The number of quaternary nitrogens is 1. The first-order chi connectivity index (χ1) is 17.2. The Hall–Kier alpha value is -3.52. The van der Waals surface area contributed by atoms with Gasteiger partial charge in [0.1, 0.15) is 5.75 Å². The number of nitrogens with one attached hydrogen (secondary N) is 1. The van der Waals surface area contributed by atoms with Gasteiger partial charge in [0.25, 0.3) is 5.91 Å². The average Bonchev–Trinajstić information content (AvgIpc) is 3.09. The number of amides is 1. The Kier molecular flexibility index (Phi) is 8.98. The molecule has 2 aromatic rings. The van der Waals surface area contributed by atoms with Crippen molar-refractivity contribution in [2.75, 3.05) is 40.4 Å². The van der Waals surface area contributed by atoms with E-state index in [-0.39, 0.29) is 17.1 Å². The number of carbonyl (C=O) groups excluding carboxylic acids is 2. The van der Waals surface area contributed by atoms with Gasteiger partial charge in [0, 0.05) is 5.57 Å². The molecule has 0 bridgehead atoms. The van der Waals surface area contributed by atoms with Crippen LogP contribution < -0.4 is 19.5 Å². The van der Waals surface area contributed by atoms with E-state index in [4.69, 9.17) is 9.47 Å². The molecule has 0 aliphatic carbocycles. The fourth-order valence-electron chi connectivity index (χ4n) is 4.20. The predicted octanol–water partition coefficient (Wildman–Crippen LogP) is 1.65. The minimum atomic E-state index is -0.877. The van der Waals surface area contributed by atoms with Crippen molar-refractivity contribution < 1.29 is 34.2 Å². The summed E-state index contributed by atoms with van der Waals surface area (Å²) in [4.78, 5) is 28.8. The van der Waals surface area contributed by atoms with E-state index in [1.54, 1.807) is 37.3 Å². The predicted molar refractivity (Wildman–Crippen MR) is 135 cm³/mol. The van der Waals surface area contributed by atoms with Crippen LogP contribution in [0.2, 0.25) is 0 Å². The topological polar surface area (TPSA) is 104 Å². The molecule has 1 heterocycles. The SMILES string of the molecule is CCCCOc1ccc(C([O-])=C2C(=O)C(=O)N(CC[NH+](C)C)C2c2ccc(O)c(OCC)c2)cc1C. The second-order valence-corrected chi connectivity index (χ2v) is 9.27. The van der Waals surface area contributed by atoms with Crippen molar-refractivity contribution in [1.29, 1.82) is 0 Å². The molecule has 0 aromatic heterocycles. The summed E-state index contributed by atoms with van der Waals surface area (Å²) in [5.74, 6) is -1.13. The molecule has 1 amide bonds. The second-order valence-electron chi connectivity index (χ2n) is 9.27. The van der Waals surface area contributed by atoms with Gasteiger partial charge in [0.15, 0.2) is 11.5 Å². The first-order valence-electron chi connectivity index (χ1n) is 12.4. The van der Waals surface area contributed by atoms with Crippen LogP contribution >= 0.6 is 0 Å². The number of ether oxygens (including phenoxy) is 2. The van der Waals surface area contributed by atoms with Crippen LogP contribution in [0, 0.1) is 6.92 Å². The van der Waals surface area contributed by atoms with E-state index in [0.29, 0.717) is 43.2 Å². The van der Waals surface area contributed by atoms with Gasteiger partial charge >= 0.3 is 0 Å². The molecular formula is C28H36N2O6. The van der Waals surface area contributed by atoms with Gasteiger partial charge in [-0.3, -0.25) is 9.59 Å². The summed E-state index contributed by atoms with van der Waals surface area (Å²) >= 11 is 0. The summed E-state index contributed by atoms with van der Waals surface area (Å²) in [6, 6.07) is 8.85. The highest BCUT2D eigenvalue weighted by molar-refractivity contribution is 6.46. The molecule has 1 unspecified atom stereocenters. The van der Waals surface area contributed by atoms with Crippen molar-refractivity contribution >= 4 is 17.4 Å². The maximum absolute atomic E-state index is 13.7. The maximum Gasteiger partial charge on any atom is 0.295 e. The number of rotatable bonds is 11. The number of aromatic hydroxyl groups is 1. The monoisotopic (exact) mass is 496 g/mol. The number of aryl methyl sites for hydroxylation is 1. The largest absolute Gasteiger partial charge is 0.872 e. The Morgan fingerprint density at radius 2 is 1.83 bits per heavy atom. The van der Waals surface area contributed by atoms with E-state index in [1.807, 2.05) is 21.0 Å². The number of hydrogen-bond acceptors (Lipinski definition) is 6. The number of phenolic OH excluding ortho intramolecular Hbond substituents is 1. The molecule has 1 fully saturated rings. The molecule has 0 saturated carbocycles. The van der Waals surface area contributed by atoms with E-state index in [9.17, 15) is 19.8 Å². The molecule has 1 aliphatic rings. The number of unbranched alkanes of at least 4 members (excludes halogenated alkanes) is 1. The number of phenols is 1. The number of benzene rings is 2. The third-order valence-electron chi connectivity index (χ3n) is 6.17. The zero-order chi connectivity index (χ0) is 26.4. The number of likely N-dealkylation sites (tertiary alicyclic amines) is 1. The van der Waals surface area contributed by atoms with Gasteiger partial charge < -0.3 is 29.5 Å². The molecule has 8 heteroatoms. The number of nitrogens with zero attached hydrogens (tertiary/aromatic N) is 1. The fraction of sp³-hybridized carbons (Fsp3) is 0.429. The molecule has 2 aromatic carbocycles. The van der Waals surface area contributed by atoms with Gasteiger partial charge in [0.2, 0.25) is 5.78 Å². The Bertz CT molecular complexity index is 1140. The first kappa shape index (κ1) is 27.1. The number of ketones is 1. The lowest BCUT2D eigenvalue weighted by Gasteiger charge is -2.28. The molecule has 1 atom stereocenters. The molecule has 8 nitrogen and oxygen atoms in total. The molecule has 2 N–H and O–H groups in total. The summed E-state index contributed by atoms with van der Waals surface area (Å²) < 4.78 is 11.3. The van der Waals surface area contributed by atoms with Gasteiger partial charge in [-0.15, -0.1) is 0 Å². The first-order valence-corrected chi connectivity index (χ1v) is 12.4. The van der Waals surface area contributed by atoms with Crippen LogP contribution in [0.4, 0.5) is 0 Å². The van der Waals surface area contributed by atoms with Gasteiger partial charge in [-0.1, -0.05) is 31.2 Å². The number of likely N-dealkylation sites (N-methyl/N-ethyl adjacent to an activating group) is 1.